The molecular formula is C9H23AlCl. The lowest BCUT2D eigenvalue weighted by Crippen LogP contribution is -1.70. The first kappa shape index (κ1) is 17.8. The van der Waals surface area contributed by atoms with Crippen molar-refractivity contribution in [3.8, 4) is 0 Å². The van der Waals surface area contributed by atoms with Gasteiger partial charge in [0.15, 0.2) is 15.2 Å². The summed E-state index contributed by atoms with van der Waals surface area (Å²) in [7, 11) is 0. The van der Waals surface area contributed by atoms with Crippen molar-refractivity contribution >= 4 is 27.6 Å². The third-order valence-corrected chi connectivity index (χ3v) is 1.21. The van der Waals surface area contributed by atoms with Crippen LogP contribution in [0.1, 0.15) is 46.0 Å². The molecule has 0 amide bonds. The molecule has 0 spiro atoms. The van der Waals surface area contributed by atoms with E-state index in [1.807, 2.05) is 0 Å². The van der Waals surface area contributed by atoms with Crippen molar-refractivity contribution in [2.24, 2.45) is 0 Å². The zero-order valence-electron chi connectivity index (χ0n) is 8.52. The highest BCUT2D eigenvalue weighted by Gasteiger charge is 1.80. The summed E-state index contributed by atoms with van der Waals surface area (Å²) in [5.41, 5.74) is 0. The minimum atomic E-state index is 0. The molecule has 0 aliphatic heterocycles. The molecule has 0 fully saturated rings. The van der Waals surface area contributed by atoms with E-state index < -0.39 is 0 Å². The highest BCUT2D eigenvalue weighted by Crippen LogP contribution is 2.00. The SMILES string of the molecule is CCCCCCC.Cl.[CH3][Al][CH3]. The Hall–Kier alpha value is 0.822. The predicted octanol–water partition coefficient (Wildman–Crippen LogP) is 4.19. The topological polar surface area (TPSA) is 0 Å². The van der Waals surface area contributed by atoms with Crippen LogP contribution in [0.5, 0.6) is 0 Å². The summed E-state index contributed by atoms with van der Waals surface area (Å²) in [5, 5.41) is 0. The van der Waals surface area contributed by atoms with Gasteiger partial charge in [-0.2, -0.15) is 0 Å². The molecule has 0 aromatic rings. The van der Waals surface area contributed by atoms with Gasteiger partial charge in [0.2, 0.25) is 0 Å². The van der Waals surface area contributed by atoms with E-state index >= 15 is 0 Å². The van der Waals surface area contributed by atoms with Crippen LogP contribution in [0.15, 0.2) is 0 Å². The Morgan fingerprint density at radius 1 is 0.818 bits per heavy atom. The van der Waals surface area contributed by atoms with Gasteiger partial charge in [0.1, 0.15) is 0 Å². The molecule has 0 saturated heterocycles. The maximum absolute atomic E-state index is 2.25. The average molecular weight is 194 g/mol. The van der Waals surface area contributed by atoms with Gasteiger partial charge in [-0.05, 0) is 0 Å². The van der Waals surface area contributed by atoms with E-state index in [2.05, 4.69) is 25.4 Å². The van der Waals surface area contributed by atoms with Crippen LogP contribution in [0.4, 0.5) is 0 Å². The van der Waals surface area contributed by atoms with E-state index in [0.29, 0.717) is 0 Å². The fraction of sp³-hybridized carbons (Fsp3) is 1.00. The van der Waals surface area contributed by atoms with Gasteiger partial charge >= 0.3 is 0 Å². The molecule has 0 aliphatic rings. The summed E-state index contributed by atoms with van der Waals surface area (Å²) in [6, 6.07) is 0. The van der Waals surface area contributed by atoms with Gasteiger partial charge in [-0.15, -0.1) is 24.0 Å². The molecule has 2 heteroatoms. The van der Waals surface area contributed by atoms with E-state index in [1.165, 1.54) is 32.1 Å². The number of hydrogen-bond acceptors (Lipinski definition) is 0. The summed E-state index contributed by atoms with van der Waals surface area (Å²) < 4.78 is 0. The molecule has 0 nitrogen and oxygen atoms in total. The van der Waals surface area contributed by atoms with Crippen molar-refractivity contribution in [2.75, 3.05) is 0 Å². The second-order valence-electron chi connectivity index (χ2n) is 2.64. The molecule has 0 bridgehead atoms. The maximum atomic E-state index is 2.25. The molecule has 69 valence electrons. The van der Waals surface area contributed by atoms with Crippen LogP contribution in [-0.4, -0.2) is 15.2 Å². The lowest BCUT2D eigenvalue weighted by atomic mass is 10.2. The predicted molar refractivity (Wildman–Crippen MR) is 59.2 cm³/mol. The van der Waals surface area contributed by atoms with Crippen LogP contribution in [0.3, 0.4) is 0 Å². The number of rotatable bonds is 4. The smallest absolute Gasteiger partial charge is 0.147 e. The maximum Gasteiger partial charge on any atom is 0.191 e. The van der Waals surface area contributed by atoms with Gasteiger partial charge in [0.05, 0.1) is 0 Å². The average Bonchev–Trinajstić information content (AvgIpc) is 1.91. The number of hydrogen-bond donors (Lipinski definition) is 0. The standard InChI is InChI=1S/C7H16.2CH3.Al.ClH/c1-3-5-7-6-4-2;;;;/h3-7H2,1-2H3;2*1H3;;1H. The van der Waals surface area contributed by atoms with Gasteiger partial charge in [0, 0.05) is 0 Å². The third-order valence-electron chi connectivity index (χ3n) is 1.21. The summed E-state index contributed by atoms with van der Waals surface area (Å²) >= 11 is 0.750. The lowest BCUT2D eigenvalue weighted by Gasteiger charge is -1.90. The van der Waals surface area contributed by atoms with Crippen molar-refractivity contribution in [3.05, 3.63) is 0 Å². The van der Waals surface area contributed by atoms with Crippen LogP contribution >= 0.6 is 12.4 Å². The summed E-state index contributed by atoms with van der Waals surface area (Å²) in [5.74, 6) is 4.42. The van der Waals surface area contributed by atoms with Crippen LogP contribution in [0.2, 0.25) is 11.6 Å². The minimum absolute atomic E-state index is 0. The first-order chi connectivity index (χ1) is 4.83. The zero-order chi connectivity index (χ0) is 8.24. The Morgan fingerprint density at radius 2 is 1.09 bits per heavy atom. The Balaban J connectivity index is -0.000000140. The molecule has 0 N–H and O–H groups in total. The van der Waals surface area contributed by atoms with Crippen LogP contribution in [-0.2, 0) is 0 Å². The van der Waals surface area contributed by atoms with E-state index in [9.17, 15) is 0 Å². The first-order valence-electron chi connectivity index (χ1n) is 4.57. The normalized spacial score (nSPS) is 7.27. The van der Waals surface area contributed by atoms with Gasteiger partial charge in [-0.25, -0.2) is 0 Å². The molecule has 0 rings (SSSR count). The second kappa shape index (κ2) is 22.4. The summed E-state index contributed by atoms with van der Waals surface area (Å²) in [6.45, 7) is 4.49. The molecule has 1 radical (unpaired) electrons. The van der Waals surface area contributed by atoms with Gasteiger partial charge in [0.25, 0.3) is 0 Å². The van der Waals surface area contributed by atoms with E-state index in [-0.39, 0.29) is 12.4 Å². The Bertz CT molecular complexity index is 36.5. The fourth-order valence-electron chi connectivity index (χ4n) is 0.677. The molecule has 0 atom stereocenters. The Kier molecular flexibility index (Phi) is 36.3. The van der Waals surface area contributed by atoms with E-state index in [1.54, 1.807) is 0 Å². The number of unbranched alkanes of at least 4 members (excludes halogenated alkanes) is 4. The van der Waals surface area contributed by atoms with Crippen molar-refractivity contribution in [1.82, 2.24) is 0 Å². The van der Waals surface area contributed by atoms with Crippen molar-refractivity contribution < 1.29 is 0 Å². The Morgan fingerprint density at radius 3 is 1.27 bits per heavy atom. The highest BCUT2D eigenvalue weighted by molar-refractivity contribution is 6.31. The molecule has 0 aliphatic carbocycles. The van der Waals surface area contributed by atoms with Gasteiger partial charge < -0.3 is 0 Å². The second-order valence-corrected chi connectivity index (χ2v) is 3.79. The van der Waals surface area contributed by atoms with Gasteiger partial charge in [-0.3, -0.25) is 0 Å². The van der Waals surface area contributed by atoms with Crippen LogP contribution in [0, 0.1) is 0 Å². The largest absolute Gasteiger partial charge is 0.191 e. The molecule has 0 heterocycles. The van der Waals surface area contributed by atoms with Crippen molar-refractivity contribution in [3.63, 3.8) is 0 Å². The van der Waals surface area contributed by atoms with E-state index in [4.69, 9.17) is 0 Å². The quantitative estimate of drug-likeness (QED) is 0.464. The third kappa shape index (κ3) is 36.2. The Labute approximate surface area is 85.3 Å². The fourth-order valence-corrected chi connectivity index (χ4v) is 0.677. The first-order valence-corrected chi connectivity index (χ1v) is 6.88. The lowest BCUT2D eigenvalue weighted by molar-refractivity contribution is 0.656. The summed E-state index contributed by atoms with van der Waals surface area (Å²) in [6.07, 6.45) is 7.01. The molecule has 0 saturated carbocycles. The molecule has 11 heavy (non-hydrogen) atoms. The molecule has 0 aromatic heterocycles. The van der Waals surface area contributed by atoms with Gasteiger partial charge in [-0.1, -0.05) is 46.0 Å². The van der Waals surface area contributed by atoms with Crippen molar-refractivity contribution in [2.45, 2.75) is 57.5 Å². The highest BCUT2D eigenvalue weighted by atomic mass is 35.5. The number of halogens is 1. The van der Waals surface area contributed by atoms with Crippen LogP contribution in [0.25, 0.3) is 0 Å². The molecule has 0 unspecified atom stereocenters. The minimum Gasteiger partial charge on any atom is -0.147 e. The van der Waals surface area contributed by atoms with Crippen molar-refractivity contribution in [1.29, 1.82) is 0 Å². The van der Waals surface area contributed by atoms with E-state index in [0.717, 1.165) is 15.2 Å². The molecular weight excluding hydrogens is 171 g/mol. The zero-order valence-corrected chi connectivity index (χ0v) is 10.5. The monoisotopic (exact) mass is 193 g/mol. The van der Waals surface area contributed by atoms with Crippen LogP contribution < -0.4 is 0 Å². The molecule has 0 aromatic carbocycles. The summed E-state index contributed by atoms with van der Waals surface area (Å²) in [4.78, 5) is 0.